The number of rotatable bonds is 5. The molecule has 0 saturated carbocycles. The van der Waals surface area contributed by atoms with Crippen molar-refractivity contribution in [1.82, 2.24) is 15.0 Å². The number of nitrogens with zero attached hydrogens (tertiary/aromatic N) is 3. The van der Waals surface area contributed by atoms with Crippen LogP contribution in [0, 0.1) is 0 Å². The second kappa shape index (κ2) is 6.27. The van der Waals surface area contributed by atoms with Gasteiger partial charge in [-0.25, -0.2) is 9.97 Å². The molecule has 0 unspecified atom stereocenters. The average molecular weight is 256 g/mol. The first-order chi connectivity index (χ1) is 9.19. The third-order valence-electron chi connectivity index (χ3n) is 2.76. The molecule has 0 aliphatic carbocycles. The van der Waals surface area contributed by atoms with E-state index in [2.05, 4.69) is 41.0 Å². The summed E-state index contributed by atoms with van der Waals surface area (Å²) in [5.41, 5.74) is 2.03. The van der Waals surface area contributed by atoms with Crippen molar-refractivity contribution < 1.29 is 0 Å². The fraction of sp³-hybridized carbons (Fsp3) is 0.400. The third-order valence-corrected chi connectivity index (χ3v) is 2.76. The van der Waals surface area contributed by atoms with Crippen molar-refractivity contribution >= 4 is 5.82 Å². The SMILES string of the molecule is CCNc1cc(Cc2ccccn2)nc(C(C)C)n1. The van der Waals surface area contributed by atoms with E-state index in [1.807, 2.05) is 30.5 Å². The maximum absolute atomic E-state index is 4.62. The van der Waals surface area contributed by atoms with Gasteiger partial charge in [0.2, 0.25) is 0 Å². The van der Waals surface area contributed by atoms with E-state index in [0.29, 0.717) is 5.92 Å². The van der Waals surface area contributed by atoms with Crippen LogP contribution in [0.3, 0.4) is 0 Å². The summed E-state index contributed by atoms with van der Waals surface area (Å²) in [6, 6.07) is 7.94. The van der Waals surface area contributed by atoms with Crippen LogP contribution in [0.5, 0.6) is 0 Å². The van der Waals surface area contributed by atoms with Gasteiger partial charge in [-0.1, -0.05) is 19.9 Å². The lowest BCUT2D eigenvalue weighted by molar-refractivity contribution is 0.760. The Kier molecular flexibility index (Phi) is 4.44. The lowest BCUT2D eigenvalue weighted by Crippen LogP contribution is -2.08. The minimum Gasteiger partial charge on any atom is -0.370 e. The highest BCUT2D eigenvalue weighted by Gasteiger charge is 2.08. The fourth-order valence-corrected chi connectivity index (χ4v) is 1.83. The van der Waals surface area contributed by atoms with Crippen molar-refractivity contribution in [3.8, 4) is 0 Å². The highest BCUT2D eigenvalue weighted by Crippen LogP contribution is 2.15. The number of hydrogen-bond acceptors (Lipinski definition) is 4. The maximum Gasteiger partial charge on any atom is 0.133 e. The van der Waals surface area contributed by atoms with Gasteiger partial charge in [0.15, 0.2) is 0 Å². The Balaban J connectivity index is 2.28. The van der Waals surface area contributed by atoms with E-state index >= 15 is 0 Å². The predicted molar refractivity (Wildman–Crippen MR) is 77.3 cm³/mol. The summed E-state index contributed by atoms with van der Waals surface area (Å²) >= 11 is 0. The van der Waals surface area contributed by atoms with Crippen molar-refractivity contribution in [2.24, 2.45) is 0 Å². The summed E-state index contributed by atoms with van der Waals surface area (Å²) in [7, 11) is 0. The Morgan fingerprint density at radius 3 is 2.63 bits per heavy atom. The second-order valence-corrected chi connectivity index (χ2v) is 4.79. The molecule has 0 radical (unpaired) electrons. The summed E-state index contributed by atoms with van der Waals surface area (Å²) in [4.78, 5) is 13.5. The Hall–Kier alpha value is -1.97. The molecule has 0 saturated heterocycles. The van der Waals surface area contributed by atoms with E-state index in [0.717, 1.165) is 36.0 Å². The molecule has 0 fully saturated rings. The van der Waals surface area contributed by atoms with Gasteiger partial charge in [-0.05, 0) is 19.1 Å². The first-order valence-corrected chi connectivity index (χ1v) is 6.70. The van der Waals surface area contributed by atoms with Crippen LogP contribution in [-0.4, -0.2) is 21.5 Å². The Labute approximate surface area is 114 Å². The average Bonchev–Trinajstić information content (AvgIpc) is 2.40. The summed E-state index contributed by atoms with van der Waals surface area (Å²) < 4.78 is 0. The molecule has 0 atom stereocenters. The zero-order chi connectivity index (χ0) is 13.7. The molecule has 1 N–H and O–H groups in total. The maximum atomic E-state index is 4.62. The molecule has 100 valence electrons. The molecule has 2 rings (SSSR count). The lowest BCUT2D eigenvalue weighted by Gasteiger charge is -2.10. The van der Waals surface area contributed by atoms with Gasteiger partial charge >= 0.3 is 0 Å². The molecule has 2 heterocycles. The van der Waals surface area contributed by atoms with Crippen molar-refractivity contribution in [3.63, 3.8) is 0 Å². The molecule has 0 aliphatic heterocycles. The number of nitrogens with one attached hydrogen (secondary N) is 1. The molecule has 0 spiro atoms. The van der Waals surface area contributed by atoms with Crippen LogP contribution in [-0.2, 0) is 6.42 Å². The van der Waals surface area contributed by atoms with Gasteiger partial charge in [0, 0.05) is 36.8 Å². The highest BCUT2D eigenvalue weighted by molar-refractivity contribution is 5.37. The fourth-order valence-electron chi connectivity index (χ4n) is 1.83. The Morgan fingerprint density at radius 2 is 2.00 bits per heavy atom. The van der Waals surface area contributed by atoms with Crippen LogP contribution >= 0.6 is 0 Å². The van der Waals surface area contributed by atoms with Crippen molar-refractivity contribution in [1.29, 1.82) is 0 Å². The molecule has 4 heteroatoms. The van der Waals surface area contributed by atoms with E-state index in [4.69, 9.17) is 0 Å². The van der Waals surface area contributed by atoms with Gasteiger partial charge in [0.25, 0.3) is 0 Å². The summed E-state index contributed by atoms with van der Waals surface area (Å²) in [6.07, 6.45) is 2.55. The van der Waals surface area contributed by atoms with E-state index in [-0.39, 0.29) is 0 Å². The standard InChI is InChI=1S/C15H20N4/c1-4-16-14-10-13(18-15(19-14)11(2)3)9-12-7-5-6-8-17-12/h5-8,10-11H,4,9H2,1-3H3,(H,16,18,19). The van der Waals surface area contributed by atoms with Crippen LogP contribution in [0.25, 0.3) is 0 Å². The monoisotopic (exact) mass is 256 g/mol. The first-order valence-electron chi connectivity index (χ1n) is 6.70. The minimum atomic E-state index is 0.320. The van der Waals surface area contributed by atoms with Crippen LogP contribution in [0.2, 0.25) is 0 Å². The molecule has 2 aromatic rings. The van der Waals surface area contributed by atoms with Crippen molar-refractivity contribution in [2.75, 3.05) is 11.9 Å². The molecule has 0 amide bonds. The van der Waals surface area contributed by atoms with Gasteiger partial charge in [-0.2, -0.15) is 0 Å². The molecule has 0 aliphatic rings. The third kappa shape index (κ3) is 3.74. The zero-order valence-electron chi connectivity index (χ0n) is 11.7. The second-order valence-electron chi connectivity index (χ2n) is 4.79. The topological polar surface area (TPSA) is 50.7 Å². The Morgan fingerprint density at radius 1 is 1.16 bits per heavy atom. The van der Waals surface area contributed by atoms with Gasteiger partial charge in [-0.15, -0.1) is 0 Å². The zero-order valence-corrected chi connectivity index (χ0v) is 11.7. The van der Waals surface area contributed by atoms with E-state index in [1.54, 1.807) is 0 Å². The largest absolute Gasteiger partial charge is 0.370 e. The van der Waals surface area contributed by atoms with Crippen LogP contribution < -0.4 is 5.32 Å². The molecule has 19 heavy (non-hydrogen) atoms. The van der Waals surface area contributed by atoms with E-state index < -0.39 is 0 Å². The van der Waals surface area contributed by atoms with Crippen LogP contribution in [0.1, 0.15) is 43.9 Å². The summed E-state index contributed by atoms with van der Waals surface area (Å²) in [5, 5.41) is 3.26. The summed E-state index contributed by atoms with van der Waals surface area (Å²) in [6.45, 7) is 7.14. The van der Waals surface area contributed by atoms with Gasteiger partial charge in [0.1, 0.15) is 11.6 Å². The number of aromatic nitrogens is 3. The van der Waals surface area contributed by atoms with Gasteiger partial charge in [-0.3, -0.25) is 4.98 Å². The van der Waals surface area contributed by atoms with Crippen molar-refractivity contribution in [2.45, 2.75) is 33.1 Å². The molecule has 0 bridgehead atoms. The van der Waals surface area contributed by atoms with E-state index in [9.17, 15) is 0 Å². The van der Waals surface area contributed by atoms with E-state index in [1.165, 1.54) is 0 Å². The minimum absolute atomic E-state index is 0.320. The van der Waals surface area contributed by atoms with Crippen LogP contribution in [0.15, 0.2) is 30.5 Å². The Bertz CT molecular complexity index is 523. The van der Waals surface area contributed by atoms with Gasteiger partial charge < -0.3 is 5.32 Å². The van der Waals surface area contributed by atoms with Crippen molar-refractivity contribution in [3.05, 3.63) is 47.7 Å². The molecular formula is C15H20N4. The normalized spacial score (nSPS) is 10.7. The predicted octanol–water partition coefficient (Wildman–Crippen LogP) is 3.02. The number of pyridine rings is 1. The molecule has 2 aromatic heterocycles. The molecule has 0 aromatic carbocycles. The lowest BCUT2D eigenvalue weighted by atomic mass is 10.1. The summed E-state index contributed by atoms with van der Waals surface area (Å²) in [5.74, 6) is 2.10. The first kappa shape index (κ1) is 13.5. The number of anilines is 1. The smallest absolute Gasteiger partial charge is 0.133 e. The quantitative estimate of drug-likeness (QED) is 0.893. The van der Waals surface area contributed by atoms with Gasteiger partial charge in [0.05, 0.1) is 5.69 Å². The highest BCUT2D eigenvalue weighted by atomic mass is 15.0. The number of hydrogen-bond donors (Lipinski definition) is 1. The van der Waals surface area contributed by atoms with Crippen LogP contribution in [0.4, 0.5) is 5.82 Å². The molecule has 4 nitrogen and oxygen atoms in total. The molecular weight excluding hydrogens is 236 g/mol.